The van der Waals surface area contributed by atoms with E-state index in [9.17, 15) is 9.59 Å². The highest BCUT2D eigenvalue weighted by Gasteiger charge is 2.15. The third kappa shape index (κ3) is 2.25. The minimum Gasteiger partial charge on any atom is -0.298 e. The van der Waals surface area contributed by atoms with Gasteiger partial charge < -0.3 is 0 Å². The fourth-order valence-electron chi connectivity index (χ4n) is 1.07. The van der Waals surface area contributed by atoms with Crippen LogP contribution in [0.15, 0.2) is 24.3 Å². The molecule has 2 nitrogen and oxygen atoms in total. The largest absolute Gasteiger partial charge is 0.298 e. The number of Topliss-reactive ketones (excluding diaryl/α,β-unsaturated/α-hetero) is 1. The summed E-state index contributed by atoms with van der Waals surface area (Å²) in [6.07, 6.45) is 0.756. The summed E-state index contributed by atoms with van der Waals surface area (Å²) in [5.41, 5.74) is 1.28. The first kappa shape index (κ1) is 10.1. The van der Waals surface area contributed by atoms with E-state index in [1.165, 1.54) is 6.92 Å². The molecule has 0 aliphatic carbocycles. The molecule has 0 saturated heterocycles. The lowest BCUT2D eigenvalue weighted by atomic mass is 10.0. The minimum absolute atomic E-state index is 0.00528. The van der Waals surface area contributed by atoms with Crippen molar-refractivity contribution < 1.29 is 9.59 Å². The summed E-state index contributed by atoms with van der Waals surface area (Å²) in [7, 11) is 0. The molecule has 1 aromatic rings. The Morgan fingerprint density at radius 3 is 2.62 bits per heavy atom. The van der Waals surface area contributed by atoms with E-state index in [4.69, 9.17) is 0 Å². The summed E-state index contributed by atoms with van der Waals surface area (Å²) in [5, 5.41) is 0. The Bertz CT molecular complexity index is 333. The first-order valence-electron chi connectivity index (χ1n) is 3.85. The summed E-state index contributed by atoms with van der Waals surface area (Å²) in [6, 6.07) is 7.04. The molecule has 0 aliphatic rings. The number of alkyl halides is 1. The molecule has 0 N–H and O–H groups in total. The molecule has 0 aliphatic heterocycles. The van der Waals surface area contributed by atoms with Gasteiger partial charge in [0.1, 0.15) is 12.1 Å². The number of halogens is 1. The lowest BCUT2D eigenvalue weighted by Crippen LogP contribution is -2.03. The van der Waals surface area contributed by atoms with Crippen LogP contribution in [0, 0.1) is 0 Å². The van der Waals surface area contributed by atoms with E-state index in [0.29, 0.717) is 5.56 Å². The van der Waals surface area contributed by atoms with Gasteiger partial charge in [0.25, 0.3) is 0 Å². The molecule has 0 fully saturated rings. The number of carbonyl (C=O) groups excluding carboxylic acids is 2. The quantitative estimate of drug-likeness (QED) is 0.601. The van der Waals surface area contributed by atoms with Gasteiger partial charge >= 0.3 is 0 Å². The molecule has 68 valence electrons. The van der Waals surface area contributed by atoms with Crippen molar-refractivity contribution in [1.29, 1.82) is 0 Å². The van der Waals surface area contributed by atoms with E-state index < -0.39 is 0 Å². The third-order valence-electron chi connectivity index (χ3n) is 1.75. The van der Waals surface area contributed by atoms with E-state index >= 15 is 0 Å². The summed E-state index contributed by atoms with van der Waals surface area (Å²) >= 11 is 3.23. The molecule has 1 rings (SSSR count). The average Bonchev–Trinajstić information content (AvgIpc) is 2.16. The zero-order valence-corrected chi connectivity index (χ0v) is 8.74. The topological polar surface area (TPSA) is 34.1 Å². The SMILES string of the molecule is CC(=O)C(Br)c1ccccc1C=O. The van der Waals surface area contributed by atoms with Crippen LogP contribution in [0.3, 0.4) is 0 Å². The molecule has 1 aromatic carbocycles. The maximum Gasteiger partial charge on any atom is 0.150 e. The standard InChI is InChI=1S/C10H9BrO2/c1-7(13)10(11)9-5-3-2-4-8(9)6-12/h2-6,10H,1H3. The highest BCUT2D eigenvalue weighted by Crippen LogP contribution is 2.25. The van der Waals surface area contributed by atoms with Crippen molar-refractivity contribution in [3.05, 3.63) is 35.4 Å². The van der Waals surface area contributed by atoms with Crippen LogP contribution in [0.2, 0.25) is 0 Å². The van der Waals surface area contributed by atoms with Crippen molar-refractivity contribution in [1.82, 2.24) is 0 Å². The monoisotopic (exact) mass is 240 g/mol. The Balaban J connectivity index is 3.12. The smallest absolute Gasteiger partial charge is 0.150 e. The molecular formula is C10H9BrO2. The van der Waals surface area contributed by atoms with Crippen LogP contribution in [-0.2, 0) is 4.79 Å². The lowest BCUT2D eigenvalue weighted by molar-refractivity contribution is -0.116. The fourth-order valence-corrected chi connectivity index (χ4v) is 1.48. The van der Waals surface area contributed by atoms with E-state index in [0.717, 1.165) is 11.8 Å². The van der Waals surface area contributed by atoms with Crippen molar-refractivity contribution in [2.75, 3.05) is 0 Å². The summed E-state index contributed by atoms with van der Waals surface area (Å²) in [6.45, 7) is 1.49. The molecule has 13 heavy (non-hydrogen) atoms. The van der Waals surface area contributed by atoms with Gasteiger partial charge in [-0.2, -0.15) is 0 Å². The van der Waals surface area contributed by atoms with Gasteiger partial charge in [-0.05, 0) is 12.5 Å². The Hall–Kier alpha value is -0.960. The van der Waals surface area contributed by atoms with Gasteiger partial charge in [-0.3, -0.25) is 9.59 Å². The predicted molar refractivity (Wildman–Crippen MR) is 54.2 cm³/mol. The van der Waals surface area contributed by atoms with Gasteiger partial charge in [-0.1, -0.05) is 40.2 Å². The van der Waals surface area contributed by atoms with Crippen molar-refractivity contribution in [3.63, 3.8) is 0 Å². The highest BCUT2D eigenvalue weighted by atomic mass is 79.9. The molecule has 0 amide bonds. The predicted octanol–water partition coefficient (Wildman–Crippen LogP) is 2.52. The van der Waals surface area contributed by atoms with E-state index in [2.05, 4.69) is 15.9 Å². The molecule has 1 unspecified atom stereocenters. The number of aldehydes is 1. The molecule has 0 bridgehead atoms. The molecule has 0 radical (unpaired) electrons. The normalized spacial score (nSPS) is 12.2. The van der Waals surface area contributed by atoms with Gasteiger partial charge in [-0.15, -0.1) is 0 Å². The molecule has 0 saturated carbocycles. The van der Waals surface area contributed by atoms with Crippen LogP contribution in [0.4, 0.5) is 0 Å². The zero-order chi connectivity index (χ0) is 9.84. The van der Waals surface area contributed by atoms with E-state index in [-0.39, 0.29) is 10.6 Å². The highest BCUT2D eigenvalue weighted by molar-refractivity contribution is 9.09. The number of carbonyl (C=O) groups is 2. The minimum atomic E-state index is -0.381. The van der Waals surface area contributed by atoms with Gasteiger partial charge in [0.2, 0.25) is 0 Å². The van der Waals surface area contributed by atoms with Gasteiger partial charge in [-0.25, -0.2) is 0 Å². The van der Waals surface area contributed by atoms with Crippen molar-refractivity contribution >= 4 is 28.0 Å². The Labute approximate surface area is 85.1 Å². The van der Waals surface area contributed by atoms with Crippen LogP contribution in [0.25, 0.3) is 0 Å². The van der Waals surface area contributed by atoms with Crippen LogP contribution >= 0.6 is 15.9 Å². The van der Waals surface area contributed by atoms with Crippen LogP contribution in [0.1, 0.15) is 27.7 Å². The van der Waals surface area contributed by atoms with Gasteiger partial charge in [0.05, 0.1) is 4.83 Å². The number of hydrogen-bond donors (Lipinski definition) is 0. The summed E-state index contributed by atoms with van der Waals surface area (Å²) in [4.78, 5) is 21.3. The molecule has 0 heterocycles. The second-order valence-corrected chi connectivity index (χ2v) is 3.64. The lowest BCUT2D eigenvalue weighted by Gasteiger charge is -2.07. The van der Waals surface area contributed by atoms with Crippen molar-refractivity contribution in [3.8, 4) is 0 Å². The third-order valence-corrected chi connectivity index (χ3v) is 2.89. The maximum absolute atomic E-state index is 11.0. The Morgan fingerprint density at radius 1 is 1.46 bits per heavy atom. The number of benzene rings is 1. The molecule has 3 heteroatoms. The molecule has 0 spiro atoms. The maximum atomic E-state index is 11.0. The second kappa shape index (κ2) is 4.33. The summed E-state index contributed by atoms with van der Waals surface area (Å²) < 4.78 is 0. The molecule has 0 aromatic heterocycles. The molecular weight excluding hydrogens is 232 g/mol. The fraction of sp³-hybridized carbons (Fsp3) is 0.200. The number of hydrogen-bond acceptors (Lipinski definition) is 2. The van der Waals surface area contributed by atoms with Crippen molar-refractivity contribution in [2.24, 2.45) is 0 Å². The molecule has 1 atom stereocenters. The van der Waals surface area contributed by atoms with Gasteiger partial charge in [0.15, 0.2) is 0 Å². The van der Waals surface area contributed by atoms with Gasteiger partial charge in [0, 0.05) is 5.56 Å². The van der Waals surface area contributed by atoms with Crippen molar-refractivity contribution in [2.45, 2.75) is 11.8 Å². The first-order chi connectivity index (χ1) is 6.16. The second-order valence-electron chi connectivity index (χ2n) is 2.72. The average molecular weight is 241 g/mol. The zero-order valence-electron chi connectivity index (χ0n) is 7.16. The van der Waals surface area contributed by atoms with Crippen LogP contribution in [0.5, 0.6) is 0 Å². The van der Waals surface area contributed by atoms with E-state index in [1.54, 1.807) is 24.3 Å². The Kier molecular flexibility index (Phi) is 3.37. The number of rotatable bonds is 3. The Morgan fingerprint density at radius 2 is 2.08 bits per heavy atom. The summed E-state index contributed by atoms with van der Waals surface area (Å²) in [5.74, 6) is -0.00528. The first-order valence-corrected chi connectivity index (χ1v) is 4.77. The van der Waals surface area contributed by atoms with Crippen LogP contribution < -0.4 is 0 Å². The van der Waals surface area contributed by atoms with Crippen LogP contribution in [-0.4, -0.2) is 12.1 Å². The number of ketones is 1. The van der Waals surface area contributed by atoms with E-state index in [1.807, 2.05) is 0 Å².